The Morgan fingerprint density at radius 3 is 2.85 bits per heavy atom. The SMILES string of the molecule is Cc1ccc(-n2cncc(C(=O)O)c2=O)c(OCc2cccc(C#N)c2)c1. The maximum atomic E-state index is 12.5. The number of benzene rings is 2. The van der Waals surface area contributed by atoms with Crippen LogP contribution in [0.25, 0.3) is 5.69 Å². The third kappa shape index (κ3) is 3.85. The van der Waals surface area contributed by atoms with E-state index in [4.69, 9.17) is 15.1 Å². The van der Waals surface area contributed by atoms with Crippen LogP contribution in [0.1, 0.15) is 27.0 Å². The zero-order valence-corrected chi connectivity index (χ0v) is 14.4. The highest BCUT2D eigenvalue weighted by Gasteiger charge is 2.15. The van der Waals surface area contributed by atoms with Crippen molar-refractivity contribution in [3.8, 4) is 17.5 Å². The van der Waals surface area contributed by atoms with Crippen molar-refractivity contribution in [2.75, 3.05) is 0 Å². The van der Waals surface area contributed by atoms with Gasteiger partial charge in [0, 0.05) is 6.20 Å². The van der Waals surface area contributed by atoms with Crippen LogP contribution in [-0.4, -0.2) is 20.6 Å². The van der Waals surface area contributed by atoms with Crippen molar-refractivity contribution < 1.29 is 14.6 Å². The summed E-state index contributed by atoms with van der Waals surface area (Å²) in [5, 5.41) is 18.1. The zero-order chi connectivity index (χ0) is 19.4. The van der Waals surface area contributed by atoms with Gasteiger partial charge >= 0.3 is 5.97 Å². The highest BCUT2D eigenvalue weighted by atomic mass is 16.5. The molecule has 7 heteroatoms. The van der Waals surface area contributed by atoms with E-state index >= 15 is 0 Å². The molecule has 27 heavy (non-hydrogen) atoms. The number of aromatic carboxylic acids is 1. The second kappa shape index (κ2) is 7.54. The van der Waals surface area contributed by atoms with E-state index in [2.05, 4.69) is 11.1 Å². The minimum absolute atomic E-state index is 0.187. The fourth-order valence-corrected chi connectivity index (χ4v) is 2.56. The first-order valence-corrected chi connectivity index (χ1v) is 8.02. The number of aromatic nitrogens is 2. The van der Waals surface area contributed by atoms with Gasteiger partial charge < -0.3 is 9.84 Å². The number of nitrogens with zero attached hydrogens (tertiary/aromatic N) is 3. The predicted octanol–water partition coefficient (Wildman–Crippen LogP) is 2.69. The summed E-state index contributed by atoms with van der Waals surface area (Å²) in [7, 11) is 0. The molecule has 1 heterocycles. The minimum atomic E-state index is -1.34. The summed E-state index contributed by atoms with van der Waals surface area (Å²) in [4.78, 5) is 27.5. The summed E-state index contributed by atoms with van der Waals surface area (Å²) < 4.78 is 7.01. The fraction of sp³-hybridized carbons (Fsp3) is 0.100. The van der Waals surface area contributed by atoms with Crippen molar-refractivity contribution in [2.24, 2.45) is 0 Å². The molecule has 1 N–H and O–H groups in total. The maximum absolute atomic E-state index is 12.5. The lowest BCUT2D eigenvalue weighted by molar-refractivity contribution is 0.0694. The zero-order valence-electron chi connectivity index (χ0n) is 14.4. The summed E-state index contributed by atoms with van der Waals surface area (Å²) in [5.41, 5.74) is 1.50. The van der Waals surface area contributed by atoms with Gasteiger partial charge in [-0.15, -0.1) is 0 Å². The van der Waals surface area contributed by atoms with Crippen molar-refractivity contribution in [3.05, 3.63) is 87.6 Å². The van der Waals surface area contributed by atoms with Gasteiger partial charge in [-0.1, -0.05) is 18.2 Å². The Kier molecular flexibility index (Phi) is 4.99. The number of rotatable bonds is 5. The number of hydrogen-bond acceptors (Lipinski definition) is 5. The van der Waals surface area contributed by atoms with Crippen LogP contribution in [0, 0.1) is 18.3 Å². The van der Waals surface area contributed by atoms with Gasteiger partial charge in [-0.25, -0.2) is 9.78 Å². The molecule has 0 saturated carbocycles. The van der Waals surface area contributed by atoms with E-state index < -0.39 is 17.1 Å². The van der Waals surface area contributed by atoms with E-state index in [1.807, 2.05) is 13.0 Å². The van der Waals surface area contributed by atoms with Crippen LogP contribution in [0.4, 0.5) is 0 Å². The Morgan fingerprint density at radius 1 is 1.30 bits per heavy atom. The number of nitriles is 1. The normalized spacial score (nSPS) is 10.2. The Morgan fingerprint density at radius 2 is 2.11 bits per heavy atom. The molecule has 3 rings (SSSR count). The molecule has 0 saturated heterocycles. The van der Waals surface area contributed by atoms with E-state index in [0.717, 1.165) is 21.9 Å². The Labute approximate surface area is 154 Å². The second-order valence-electron chi connectivity index (χ2n) is 5.86. The van der Waals surface area contributed by atoms with Gasteiger partial charge in [0.15, 0.2) is 0 Å². The third-order valence-electron chi connectivity index (χ3n) is 3.89. The standard InChI is InChI=1S/C20H15N3O4/c1-13-5-6-17(23-12-22-10-16(19(23)24)20(25)26)18(7-13)27-11-15-4-2-3-14(8-15)9-21/h2-8,10,12H,11H2,1H3,(H,25,26). The molecule has 0 atom stereocenters. The van der Waals surface area contributed by atoms with Crippen molar-refractivity contribution in [2.45, 2.75) is 13.5 Å². The van der Waals surface area contributed by atoms with Crippen LogP contribution in [0.2, 0.25) is 0 Å². The quantitative estimate of drug-likeness (QED) is 0.749. The number of carbonyl (C=O) groups is 1. The predicted molar refractivity (Wildman–Crippen MR) is 97.0 cm³/mol. The van der Waals surface area contributed by atoms with Gasteiger partial charge in [-0.3, -0.25) is 9.36 Å². The van der Waals surface area contributed by atoms with E-state index in [1.165, 1.54) is 6.33 Å². The van der Waals surface area contributed by atoms with Crippen LogP contribution in [0.15, 0.2) is 59.8 Å². The van der Waals surface area contributed by atoms with Crippen molar-refractivity contribution in [1.82, 2.24) is 9.55 Å². The molecule has 0 bridgehead atoms. The van der Waals surface area contributed by atoms with Crippen LogP contribution in [0.3, 0.4) is 0 Å². The van der Waals surface area contributed by atoms with Crippen LogP contribution in [-0.2, 0) is 6.61 Å². The van der Waals surface area contributed by atoms with Crippen molar-refractivity contribution >= 4 is 5.97 Å². The monoisotopic (exact) mass is 361 g/mol. The lowest BCUT2D eigenvalue weighted by Gasteiger charge is -2.14. The first-order valence-electron chi connectivity index (χ1n) is 8.02. The molecule has 0 fully saturated rings. The van der Waals surface area contributed by atoms with E-state index in [9.17, 15) is 9.59 Å². The molecule has 7 nitrogen and oxygen atoms in total. The van der Waals surface area contributed by atoms with Gasteiger partial charge in [0.2, 0.25) is 0 Å². The molecule has 0 aliphatic carbocycles. The number of carboxylic acid groups (broad SMARTS) is 1. The lowest BCUT2D eigenvalue weighted by Crippen LogP contribution is -2.25. The smallest absolute Gasteiger partial charge is 0.342 e. The lowest BCUT2D eigenvalue weighted by atomic mass is 10.1. The average Bonchev–Trinajstić information content (AvgIpc) is 2.67. The molecule has 0 aliphatic rings. The topological polar surface area (TPSA) is 105 Å². The molecule has 0 spiro atoms. The molecule has 3 aromatic rings. The second-order valence-corrected chi connectivity index (χ2v) is 5.86. The molecular weight excluding hydrogens is 346 g/mol. The summed E-state index contributed by atoms with van der Waals surface area (Å²) in [6, 6.07) is 14.3. The first-order chi connectivity index (χ1) is 13.0. The fourth-order valence-electron chi connectivity index (χ4n) is 2.56. The Bertz CT molecular complexity index is 1110. The van der Waals surface area contributed by atoms with Crippen LogP contribution in [0.5, 0.6) is 5.75 Å². The van der Waals surface area contributed by atoms with E-state index in [1.54, 1.807) is 36.4 Å². The average molecular weight is 361 g/mol. The number of ether oxygens (including phenoxy) is 1. The molecule has 0 radical (unpaired) electrons. The Balaban J connectivity index is 1.99. The maximum Gasteiger partial charge on any atom is 0.342 e. The summed E-state index contributed by atoms with van der Waals surface area (Å²) in [6.45, 7) is 2.06. The number of hydrogen-bond donors (Lipinski definition) is 1. The van der Waals surface area contributed by atoms with Gasteiger partial charge in [0.05, 0.1) is 17.3 Å². The van der Waals surface area contributed by atoms with Crippen LogP contribution >= 0.6 is 0 Å². The number of carboxylic acids is 1. The molecular formula is C20H15N3O4. The molecule has 1 aromatic heterocycles. The molecule has 0 unspecified atom stereocenters. The van der Waals surface area contributed by atoms with E-state index in [-0.39, 0.29) is 6.61 Å². The van der Waals surface area contributed by atoms with Gasteiger partial charge in [-0.2, -0.15) is 5.26 Å². The summed E-state index contributed by atoms with van der Waals surface area (Å²) >= 11 is 0. The highest BCUT2D eigenvalue weighted by molar-refractivity contribution is 5.86. The summed E-state index contributed by atoms with van der Waals surface area (Å²) in [5.74, 6) is -0.937. The Hall–Kier alpha value is -3.92. The highest BCUT2D eigenvalue weighted by Crippen LogP contribution is 2.24. The first kappa shape index (κ1) is 17.9. The molecule has 134 valence electrons. The van der Waals surface area contributed by atoms with Crippen molar-refractivity contribution in [1.29, 1.82) is 5.26 Å². The van der Waals surface area contributed by atoms with Gasteiger partial charge in [-0.05, 0) is 42.3 Å². The third-order valence-corrected chi connectivity index (χ3v) is 3.89. The van der Waals surface area contributed by atoms with Crippen molar-refractivity contribution in [3.63, 3.8) is 0 Å². The largest absolute Gasteiger partial charge is 0.487 e. The van der Waals surface area contributed by atoms with E-state index in [0.29, 0.717) is 17.0 Å². The molecule has 0 aliphatic heterocycles. The number of aryl methyl sites for hydroxylation is 1. The van der Waals surface area contributed by atoms with Gasteiger partial charge in [0.25, 0.3) is 5.56 Å². The minimum Gasteiger partial charge on any atom is -0.487 e. The van der Waals surface area contributed by atoms with Crippen LogP contribution < -0.4 is 10.3 Å². The molecule has 2 aromatic carbocycles. The summed E-state index contributed by atoms with van der Waals surface area (Å²) in [6.07, 6.45) is 2.27. The van der Waals surface area contributed by atoms with Gasteiger partial charge in [0.1, 0.15) is 24.2 Å². The molecule has 0 amide bonds.